The molecule has 0 saturated carbocycles. The van der Waals surface area contributed by atoms with Gasteiger partial charge in [-0.15, -0.1) is 0 Å². The third-order valence-corrected chi connectivity index (χ3v) is 3.34. The first-order chi connectivity index (χ1) is 9.31. The van der Waals surface area contributed by atoms with Crippen LogP contribution in [0.5, 0.6) is 5.75 Å². The van der Waals surface area contributed by atoms with Crippen molar-refractivity contribution in [2.75, 3.05) is 6.61 Å². The molecule has 0 aromatic heterocycles. The van der Waals surface area contributed by atoms with Crippen LogP contribution in [0.4, 0.5) is 0 Å². The van der Waals surface area contributed by atoms with Crippen LogP contribution >= 0.6 is 11.6 Å². The molecule has 3 rings (SSSR count). The van der Waals surface area contributed by atoms with Crippen LogP contribution in [0.25, 0.3) is 0 Å². The minimum absolute atomic E-state index is 0.331. The Kier molecular flexibility index (Phi) is 3.72. The highest BCUT2D eigenvalue weighted by Gasteiger charge is 2.24. The first-order valence-electron chi connectivity index (χ1n) is 6.38. The van der Waals surface area contributed by atoms with Gasteiger partial charge in [0.2, 0.25) is 0 Å². The topological polar surface area (TPSA) is 21.8 Å². The van der Waals surface area contributed by atoms with E-state index in [2.05, 4.69) is 12.1 Å². The molecule has 0 amide bonds. The van der Waals surface area contributed by atoms with Gasteiger partial charge < -0.3 is 9.47 Å². The molecule has 1 aliphatic rings. The number of halogens is 1. The van der Waals surface area contributed by atoms with Crippen LogP contribution in [-0.4, -0.2) is 12.7 Å². The van der Waals surface area contributed by atoms with Gasteiger partial charge in [0.1, 0.15) is 12.4 Å². The zero-order valence-electron chi connectivity index (χ0n) is 10.5. The van der Waals surface area contributed by atoms with Crippen molar-refractivity contribution in [1.82, 2.24) is 0 Å². The number of hydrogen-bond donors (Lipinski definition) is 0. The fourth-order valence-electron chi connectivity index (χ4n) is 2.01. The Labute approximate surface area is 117 Å². The first kappa shape index (κ1) is 12.5. The van der Waals surface area contributed by atoms with Gasteiger partial charge >= 0.3 is 0 Å². The summed E-state index contributed by atoms with van der Waals surface area (Å²) in [6.07, 6.45) is 1.20. The van der Waals surface area contributed by atoms with Gasteiger partial charge in [0, 0.05) is 11.4 Å². The number of epoxide rings is 1. The van der Waals surface area contributed by atoms with Crippen molar-refractivity contribution in [1.29, 1.82) is 0 Å². The van der Waals surface area contributed by atoms with E-state index in [1.165, 1.54) is 0 Å². The zero-order valence-corrected chi connectivity index (χ0v) is 11.3. The highest BCUT2D eigenvalue weighted by Crippen LogP contribution is 2.28. The third-order valence-electron chi connectivity index (χ3n) is 3.11. The van der Waals surface area contributed by atoms with E-state index in [9.17, 15) is 0 Å². The minimum Gasteiger partial charge on any atom is -0.489 e. The Bertz CT molecular complexity index is 550. The molecule has 1 aliphatic heterocycles. The monoisotopic (exact) mass is 274 g/mol. The van der Waals surface area contributed by atoms with Gasteiger partial charge in [-0.3, -0.25) is 0 Å². The molecule has 2 nitrogen and oxygen atoms in total. The third kappa shape index (κ3) is 3.49. The second-order valence-electron chi connectivity index (χ2n) is 4.69. The summed E-state index contributed by atoms with van der Waals surface area (Å²) in [5.41, 5.74) is 2.28. The van der Waals surface area contributed by atoms with Crippen molar-refractivity contribution in [2.24, 2.45) is 0 Å². The molecule has 1 unspecified atom stereocenters. The quantitative estimate of drug-likeness (QED) is 0.772. The fraction of sp³-hybridized carbons (Fsp3) is 0.250. The lowest BCUT2D eigenvalue weighted by atomic mass is 10.1. The summed E-state index contributed by atoms with van der Waals surface area (Å²) < 4.78 is 11.2. The summed E-state index contributed by atoms with van der Waals surface area (Å²) in [7, 11) is 0. The second-order valence-corrected chi connectivity index (χ2v) is 5.12. The van der Waals surface area contributed by atoms with E-state index in [1.807, 2.05) is 36.4 Å². The summed E-state index contributed by atoms with van der Waals surface area (Å²) in [6.45, 7) is 1.41. The molecule has 2 aromatic rings. The van der Waals surface area contributed by atoms with E-state index < -0.39 is 0 Å². The standard InChI is InChI=1S/C16H15ClO2/c17-14-6-7-16(13(8-14)9-15-11-18-15)19-10-12-4-2-1-3-5-12/h1-8,15H,9-11H2. The summed E-state index contributed by atoms with van der Waals surface area (Å²) in [6, 6.07) is 15.9. The lowest BCUT2D eigenvalue weighted by Gasteiger charge is -2.11. The molecule has 19 heavy (non-hydrogen) atoms. The molecule has 2 aromatic carbocycles. The van der Waals surface area contributed by atoms with Gasteiger partial charge in [-0.25, -0.2) is 0 Å². The van der Waals surface area contributed by atoms with Crippen LogP contribution in [0.2, 0.25) is 5.02 Å². The number of ether oxygens (including phenoxy) is 2. The summed E-state index contributed by atoms with van der Waals surface area (Å²) in [4.78, 5) is 0. The molecule has 0 bridgehead atoms. The van der Waals surface area contributed by atoms with E-state index in [4.69, 9.17) is 21.1 Å². The minimum atomic E-state index is 0.331. The van der Waals surface area contributed by atoms with Gasteiger partial charge in [-0.05, 0) is 29.3 Å². The van der Waals surface area contributed by atoms with Crippen LogP contribution in [0.1, 0.15) is 11.1 Å². The van der Waals surface area contributed by atoms with Gasteiger partial charge in [-0.1, -0.05) is 41.9 Å². The predicted molar refractivity (Wildman–Crippen MR) is 75.7 cm³/mol. The Morgan fingerprint density at radius 2 is 1.95 bits per heavy atom. The molecule has 0 radical (unpaired) electrons. The molecular weight excluding hydrogens is 260 g/mol. The van der Waals surface area contributed by atoms with E-state index >= 15 is 0 Å². The molecule has 1 saturated heterocycles. The molecule has 0 spiro atoms. The Hall–Kier alpha value is -1.51. The van der Waals surface area contributed by atoms with Gasteiger partial charge in [0.15, 0.2) is 0 Å². The first-order valence-corrected chi connectivity index (χ1v) is 6.76. The Morgan fingerprint density at radius 3 is 2.68 bits per heavy atom. The lowest BCUT2D eigenvalue weighted by molar-refractivity contribution is 0.301. The average molecular weight is 275 g/mol. The van der Waals surface area contributed by atoms with Crippen LogP contribution in [-0.2, 0) is 17.8 Å². The van der Waals surface area contributed by atoms with E-state index in [-0.39, 0.29) is 0 Å². The molecule has 1 heterocycles. The van der Waals surface area contributed by atoms with Crippen LogP contribution in [0.3, 0.4) is 0 Å². The summed E-state index contributed by atoms with van der Waals surface area (Å²) >= 11 is 6.04. The summed E-state index contributed by atoms with van der Waals surface area (Å²) in [5.74, 6) is 0.892. The van der Waals surface area contributed by atoms with Gasteiger partial charge in [0.25, 0.3) is 0 Å². The largest absolute Gasteiger partial charge is 0.489 e. The van der Waals surface area contributed by atoms with Crippen LogP contribution in [0, 0.1) is 0 Å². The zero-order chi connectivity index (χ0) is 13.1. The highest BCUT2D eigenvalue weighted by molar-refractivity contribution is 6.30. The molecule has 3 heteroatoms. The van der Waals surface area contributed by atoms with Crippen molar-refractivity contribution in [2.45, 2.75) is 19.1 Å². The highest BCUT2D eigenvalue weighted by atomic mass is 35.5. The van der Waals surface area contributed by atoms with Crippen molar-refractivity contribution >= 4 is 11.6 Å². The molecule has 0 N–H and O–H groups in total. The fourth-order valence-corrected chi connectivity index (χ4v) is 2.21. The average Bonchev–Trinajstić information content (AvgIpc) is 3.23. The second kappa shape index (κ2) is 5.64. The van der Waals surface area contributed by atoms with E-state index in [1.54, 1.807) is 0 Å². The van der Waals surface area contributed by atoms with Crippen molar-refractivity contribution in [3.63, 3.8) is 0 Å². The maximum Gasteiger partial charge on any atom is 0.123 e. The molecule has 1 fully saturated rings. The van der Waals surface area contributed by atoms with Gasteiger partial charge in [0.05, 0.1) is 12.7 Å². The number of hydrogen-bond acceptors (Lipinski definition) is 2. The predicted octanol–water partition coefficient (Wildman–Crippen LogP) is 3.86. The maximum atomic E-state index is 6.04. The molecular formula is C16H15ClO2. The molecule has 1 atom stereocenters. The number of rotatable bonds is 5. The number of benzene rings is 2. The van der Waals surface area contributed by atoms with Crippen molar-refractivity contribution < 1.29 is 9.47 Å². The van der Waals surface area contributed by atoms with Crippen LogP contribution in [0.15, 0.2) is 48.5 Å². The molecule has 98 valence electrons. The Balaban J connectivity index is 1.72. The van der Waals surface area contributed by atoms with Crippen molar-refractivity contribution in [3.05, 3.63) is 64.7 Å². The summed E-state index contributed by atoms with van der Waals surface area (Å²) in [5, 5.41) is 0.739. The van der Waals surface area contributed by atoms with Crippen molar-refractivity contribution in [3.8, 4) is 5.75 Å². The lowest BCUT2D eigenvalue weighted by Crippen LogP contribution is -2.01. The molecule has 0 aliphatic carbocycles. The van der Waals surface area contributed by atoms with Crippen LogP contribution < -0.4 is 4.74 Å². The normalized spacial score (nSPS) is 17.2. The van der Waals surface area contributed by atoms with Gasteiger partial charge in [-0.2, -0.15) is 0 Å². The maximum absolute atomic E-state index is 6.04. The Morgan fingerprint density at radius 1 is 1.16 bits per heavy atom. The SMILES string of the molecule is Clc1ccc(OCc2ccccc2)c(CC2CO2)c1. The van der Waals surface area contributed by atoms with E-state index in [0.29, 0.717) is 12.7 Å². The van der Waals surface area contributed by atoms with E-state index in [0.717, 1.165) is 34.9 Å². The smallest absolute Gasteiger partial charge is 0.123 e.